The number of benzene rings is 2. The van der Waals surface area contributed by atoms with E-state index in [9.17, 15) is 4.79 Å². The summed E-state index contributed by atoms with van der Waals surface area (Å²) in [6, 6.07) is 17.1. The van der Waals surface area contributed by atoms with Crippen molar-refractivity contribution in [1.29, 1.82) is 0 Å². The van der Waals surface area contributed by atoms with Gasteiger partial charge in [-0.2, -0.15) is 0 Å². The number of aromatic carboxylic acids is 1. The van der Waals surface area contributed by atoms with Crippen LogP contribution in [0.3, 0.4) is 0 Å². The molecule has 0 unspecified atom stereocenters. The monoisotopic (exact) mass is 340 g/mol. The van der Waals surface area contributed by atoms with Crippen molar-refractivity contribution < 1.29 is 14.6 Å². The first-order valence-corrected chi connectivity index (χ1v) is 8.71. The van der Waals surface area contributed by atoms with E-state index in [0.29, 0.717) is 6.61 Å². The predicted octanol–water partition coefficient (Wildman–Crippen LogP) is 2.98. The number of hydrogen-bond donors (Lipinski definition) is 1. The Morgan fingerprint density at radius 1 is 0.960 bits per heavy atom. The van der Waals surface area contributed by atoms with Gasteiger partial charge in [-0.1, -0.05) is 18.2 Å². The van der Waals surface area contributed by atoms with Crippen LogP contribution in [0.2, 0.25) is 0 Å². The summed E-state index contributed by atoms with van der Waals surface area (Å²) in [5, 5.41) is 8.88. The van der Waals surface area contributed by atoms with Crippen molar-refractivity contribution in [3.8, 4) is 5.75 Å². The standard InChI is InChI=1S/C20H24N2O3/c23-20(24)17-7-9-19(10-8-17)25-16-4-11-21-12-14-22(15-13-21)18-5-2-1-3-6-18/h1-3,5-10H,4,11-16H2,(H,23,24). The number of hydrogen-bond acceptors (Lipinski definition) is 4. The van der Waals surface area contributed by atoms with Crippen LogP contribution in [-0.2, 0) is 0 Å². The third-order valence-corrected chi connectivity index (χ3v) is 4.48. The summed E-state index contributed by atoms with van der Waals surface area (Å²) in [6.07, 6.45) is 0.964. The van der Waals surface area contributed by atoms with Gasteiger partial charge in [-0.05, 0) is 42.8 Å². The summed E-state index contributed by atoms with van der Waals surface area (Å²) in [6.45, 7) is 5.93. The van der Waals surface area contributed by atoms with Crippen LogP contribution in [0.4, 0.5) is 5.69 Å². The first-order chi connectivity index (χ1) is 12.2. The highest BCUT2D eigenvalue weighted by Gasteiger charge is 2.16. The normalized spacial score (nSPS) is 15.1. The van der Waals surface area contributed by atoms with Gasteiger partial charge in [0.1, 0.15) is 5.75 Å². The number of carbonyl (C=O) groups is 1. The maximum atomic E-state index is 10.8. The first-order valence-electron chi connectivity index (χ1n) is 8.71. The van der Waals surface area contributed by atoms with Gasteiger partial charge in [-0.15, -0.1) is 0 Å². The van der Waals surface area contributed by atoms with E-state index in [1.165, 1.54) is 5.69 Å². The number of carboxylic acids is 1. The molecule has 0 radical (unpaired) electrons. The molecular formula is C20H24N2O3. The van der Waals surface area contributed by atoms with Gasteiger partial charge < -0.3 is 14.7 Å². The molecule has 132 valence electrons. The summed E-state index contributed by atoms with van der Waals surface area (Å²) >= 11 is 0. The third-order valence-electron chi connectivity index (χ3n) is 4.48. The fraction of sp³-hybridized carbons (Fsp3) is 0.350. The summed E-state index contributed by atoms with van der Waals surface area (Å²) < 4.78 is 5.69. The summed E-state index contributed by atoms with van der Waals surface area (Å²) in [5.41, 5.74) is 1.58. The molecule has 0 spiro atoms. The molecule has 1 fully saturated rings. The van der Waals surface area contributed by atoms with Crippen molar-refractivity contribution in [2.45, 2.75) is 6.42 Å². The molecule has 1 N–H and O–H groups in total. The van der Waals surface area contributed by atoms with Crippen LogP contribution in [0.15, 0.2) is 54.6 Å². The van der Waals surface area contributed by atoms with Crippen molar-refractivity contribution in [2.24, 2.45) is 0 Å². The maximum Gasteiger partial charge on any atom is 0.335 e. The van der Waals surface area contributed by atoms with E-state index in [-0.39, 0.29) is 5.56 Å². The third kappa shape index (κ3) is 4.97. The lowest BCUT2D eigenvalue weighted by Gasteiger charge is -2.36. The van der Waals surface area contributed by atoms with Crippen LogP contribution in [-0.4, -0.2) is 55.3 Å². The van der Waals surface area contributed by atoms with Crippen molar-refractivity contribution in [3.63, 3.8) is 0 Å². The minimum Gasteiger partial charge on any atom is -0.494 e. The fourth-order valence-corrected chi connectivity index (χ4v) is 3.04. The van der Waals surface area contributed by atoms with E-state index >= 15 is 0 Å². The minimum atomic E-state index is -0.916. The highest BCUT2D eigenvalue weighted by atomic mass is 16.5. The summed E-state index contributed by atoms with van der Waals surface area (Å²) in [7, 11) is 0. The van der Waals surface area contributed by atoms with Crippen LogP contribution in [0.5, 0.6) is 5.75 Å². The number of carboxylic acid groups (broad SMARTS) is 1. The molecule has 0 aromatic heterocycles. The molecule has 0 saturated carbocycles. The van der Waals surface area contributed by atoms with Crippen LogP contribution in [0.25, 0.3) is 0 Å². The zero-order chi connectivity index (χ0) is 17.5. The van der Waals surface area contributed by atoms with Gasteiger partial charge in [0.25, 0.3) is 0 Å². The van der Waals surface area contributed by atoms with E-state index in [0.717, 1.165) is 44.9 Å². The molecule has 1 heterocycles. The average Bonchev–Trinajstić information content (AvgIpc) is 2.67. The lowest BCUT2D eigenvalue weighted by molar-refractivity contribution is 0.0697. The number of para-hydroxylation sites is 1. The van der Waals surface area contributed by atoms with E-state index in [1.807, 2.05) is 0 Å². The van der Waals surface area contributed by atoms with Gasteiger partial charge in [0.2, 0.25) is 0 Å². The van der Waals surface area contributed by atoms with Crippen LogP contribution >= 0.6 is 0 Å². The number of piperazine rings is 1. The Kier molecular flexibility index (Phi) is 5.90. The number of anilines is 1. The van der Waals surface area contributed by atoms with Gasteiger partial charge in [0.15, 0.2) is 0 Å². The lowest BCUT2D eigenvalue weighted by atomic mass is 10.2. The van der Waals surface area contributed by atoms with Crippen molar-refractivity contribution >= 4 is 11.7 Å². The molecule has 0 aliphatic carbocycles. The Morgan fingerprint density at radius 3 is 2.28 bits per heavy atom. The van der Waals surface area contributed by atoms with Crippen molar-refractivity contribution in [1.82, 2.24) is 4.90 Å². The van der Waals surface area contributed by atoms with Crippen LogP contribution in [0.1, 0.15) is 16.8 Å². The minimum absolute atomic E-state index is 0.281. The topological polar surface area (TPSA) is 53.0 Å². The zero-order valence-electron chi connectivity index (χ0n) is 14.3. The first kappa shape index (κ1) is 17.3. The molecule has 0 bridgehead atoms. The molecule has 2 aromatic carbocycles. The SMILES string of the molecule is O=C(O)c1ccc(OCCCN2CCN(c3ccccc3)CC2)cc1. The molecule has 2 aromatic rings. The largest absolute Gasteiger partial charge is 0.494 e. The van der Waals surface area contributed by atoms with E-state index < -0.39 is 5.97 Å². The number of ether oxygens (including phenoxy) is 1. The second kappa shape index (κ2) is 8.53. The molecule has 5 heteroatoms. The van der Waals surface area contributed by atoms with Gasteiger partial charge in [-0.25, -0.2) is 4.79 Å². The van der Waals surface area contributed by atoms with Crippen molar-refractivity contribution in [3.05, 3.63) is 60.2 Å². The number of rotatable bonds is 7. The van der Waals surface area contributed by atoms with E-state index in [2.05, 4.69) is 40.1 Å². The second-order valence-electron chi connectivity index (χ2n) is 6.20. The van der Waals surface area contributed by atoms with Gasteiger partial charge in [0, 0.05) is 38.4 Å². The average molecular weight is 340 g/mol. The van der Waals surface area contributed by atoms with E-state index in [1.54, 1.807) is 24.3 Å². The maximum absolute atomic E-state index is 10.8. The van der Waals surface area contributed by atoms with E-state index in [4.69, 9.17) is 9.84 Å². The molecule has 5 nitrogen and oxygen atoms in total. The molecule has 1 saturated heterocycles. The number of nitrogens with zero attached hydrogens (tertiary/aromatic N) is 2. The molecular weight excluding hydrogens is 316 g/mol. The zero-order valence-corrected chi connectivity index (χ0v) is 14.3. The van der Waals surface area contributed by atoms with Gasteiger partial charge in [-0.3, -0.25) is 4.90 Å². The van der Waals surface area contributed by atoms with Crippen LogP contribution in [0, 0.1) is 0 Å². The Balaban J connectivity index is 1.34. The van der Waals surface area contributed by atoms with Crippen molar-refractivity contribution in [2.75, 3.05) is 44.2 Å². The smallest absolute Gasteiger partial charge is 0.335 e. The quantitative estimate of drug-likeness (QED) is 0.786. The Bertz CT molecular complexity index is 665. The Labute approximate surface area is 148 Å². The van der Waals surface area contributed by atoms with Crippen LogP contribution < -0.4 is 9.64 Å². The summed E-state index contributed by atoms with van der Waals surface area (Å²) in [5.74, 6) is -0.194. The molecule has 25 heavy (non-hydrogen) atoms. The second-order valence-corrected chi connectivity index (χ2v) is 6.20. The molecule has 0 atom stereocenters. The van der Waals surface area contributed by atoms with Gasteiger partial charge in [0.05, 0.1) is 12.2 Å². The molecule has 3 rings (SSSR count). The fourth-order valence-electron chi connectivity index (χ4n) is 3.04. The molecule has 1 aliphatic heterocycles. The predicted molar refractivity (Wildman–Crippen MR) is 98.6 cm³/mol. The molecule has 0 amide bonds. The van der Waals surface area contributed by atoms with Gasteiger partial charge >= 0.3 is 5.97 Å². The highest BCUT2D eigenvalue weighted by Crippen LogP contribution is 2.16. The highest BCUT2D eigenvalue weighted by molar-refractivity contribution is 5.87. The molecule has 1 aliphatic rings. The Morgan fingerprint density at radius 2 is 1.64 bits per heavy atom. The Hall–Kier alpha value is -2.53. The lowest BCUT2D eigenvalue weighted by Crippen LogP contribution is -2.46. The summed E-state index contributed by atoms with van der Waals surface area (Å²) in [4.78, 5) is 15.7.